The molecule has 5 nitrogen and oxygen atoms in total. The van der Waals surface area contributed by atoms with Crippen molar-refractivity contribution in [3.05, 3.63) is 40.1 Å². The number of rotatable bonds is 7. The third-order valence-corrected chi connectivity index (χ3v) is 2.75. The van der Waals surface area contributed by atoms with E-state index in [0.717, 1.165) is 19.3 Å². The fraction of sp³-hybridized carbons (Fsp3) is 0.417. The van der Waals surface area contributed by atoms with Crippen LogP contribution in [-0.2, 0) is 0 Å². The third-order valence-electron chi connectivity index (χ3n) is 2.47. The van der Waals surface area contributed by atoms with Crippen molar-refractivity contribution < 1.29 is 4.92 Å². The Hall–Kier alpha value is -1.62. The van der Waals surface area contributed by atoms with Crippen molar-refractivity contribution in [1.29, 1.82) is 0 Å². The number of hydrogen-bond donors (Lipinski definition) is 1. The summed E-state index contributed by atoms with van der Waals surface area (Å²) in [5.74, 6) is 0.480. The number of nitro groups is 1. The van der Waals surface area contributed by atoms with Crippen LogP contribution in [0.5, 0.6) is 0 Å². The van der Waals surface area contributed by atoms with Gasteiger partial charge in [-0.25, -0.2) is 4.98 Å². The van der Waals surface area contributed by atoms with Crippen molar-refractivity contribution in [3.63, 3.8) is 0 Å². The second kappa shape index (κ2) is 6.96. The zero-order chi connectivity index (χ0) is 13.5. The molecule has 1 N–H and O–H groups in total. The lowest BCUT2D eigenvalue weighted by Gasteiger charge is -2.14. The number of halogens is 1. The highest BCUT2D eigenvalue weighted by atomic mass is 35.5. The Balaban J connectivity index is 2.61. The number of nitrogens with zero attached hydrogens (tertiary/aromatic N) is 2. The molecular formula is C12H16ClN3O2. The molecule has 0 bridgehead atoms. The summed E-state index contributed by atoms with van der Waals surface area (Å²) in [7, 11) is 0. The van der Waals surface area contributed by atoms with Gasteiger partial charge in [0.1, 0.15) is 12.0 Å². The number of unbranched alkanes of at least 4 members (excludes halogenated alkanes) is 1. The number of anilines is 1. The van der Waals surface area contributed by atoms with Crippen molar-refractivity contribution >= 4 is 23.1 Å². The summed E-state index contributed by atoms with van der Waals surface area (Å²) in [6, 6.07) is 1.50. The molecule has 98 valence electrons. The third kappa shape index (κ3) is 4.33. The fourth-order valence-corrected chi connectivity index (χ4v) is 1.72. The lowest BCUT2D eigenvalue weighted by molar-refractivity contribution is -0.385. The smallest absolute Gasteiger partial charge is 0.289 e. The largest absolute Gasteiger partial charge is 0.366 e. The van der Waals surface area contributed by atoms with Gasteiger partial charge in [-0.15, -0.1) is 6.58 Å². The highest BCUT2D eigenvalue weighted by Crippen LogP contribution is 2.24. The van der Waals surface area contributed by atoms with Gasteiger partial charge in [0.05, 0.1) is 9.95 Å². The maximum atomic E-state index is 10.5. The first-order valence-corrected chi connectivity index (χ1v) is 6.09. The lowest BCUT2D eigenvalue weighted by atomic mass is 10.1. The summed E-state index contributed by atoms with van der Waals surface area (Å²) in [5.41, 5.74) is -0.107. The summed E-state index contributed by atoms with van der Waals surface area (Å²) < 4.78 is 0. The van der Waals surface area contributed by atoms with Crippen molar-refractivity contribution in [1.82, 2.24) is 4.98 Å². The molecule has 0 aliphatic heterocycles. The standard InChI is InChI=1S/C12H16ClN3O2/c1-3-4-5-6-9(2)15-12-11(13)7-10(8-14-12)16(17)18/h3,7-9H,1,4-6H2,2H3,(H,14,15). The molecule has 1 atom stereocenters. The summed E-state index contributed by atoms with van der Waals surface area (Å²) in [6.07, 6.45) is 6.03. The quantitative estimate of drug-likeness (QED) is 0.354. The molecule has 0 saturated carbocycles. The topological polar surface area (TPSA) is 68.1 Å². The van der Waals surface area contributed by atoms with Crippen molar-refractivity contribution in [2.24, 2.45) is 0 Å². The molecule has 0 spiro atoms. The van der Waals surface area contributed by atoms with E-state index in [4.69, 9.17) is 11.6 Å². The monoisotopic (exact) mass is 269 g/mol. The van der Waals surface area contributed by atoms with Crippen LogP contribution in [0.3, 0.4) is 0 Å². The second-order valence-electron chi connectivity index (χ2n) is 4.05. The van der Waals surface area contributed by atoms with Crippen LogP contribution in [0.25, 0.3) is 0 Å². The van der Waals surface area contributed by atoms with E-state index in [1.165, 1.54) is 12.3 Å². The Morgan fingerprint density at radius 1 is 1.72 bits per heavy atom. The molecule has 1 rings (SSSR count). The Morgan fingerprint density at radius 2 is 2.44 bits per heavy atom. The number of allylic oxidation sites excluding steroid dienone is 1. The predicted molar refractivity (Wildman–Crippen MR) is 73.0 cm³/mol. The molecule has 1 unspecified atom stereocenters. The molecule has 0 aliphatic carbocycles. The number of nitrogens with one attached hydrogen (secondary N) is 1. The van der Waals surface area contributed by atoms with Crippen LogP contribution in [0.15, 0.2) is 24.9 Å². The van der Waals surface area contributed by atoms with E-state index in [1.54, 1.807) is 0 Å². The van der Waals surface area contributed by atoms with E-state index >= 15 is 0 Å². The Bertz CT molecular complexity index is 437. The molecule has 6 heteroatoms. The van der Waals surface area contributed by atoms with Crippen LogP contribution in [-0.4, -0.2) is 15.9 Å². The average Bonchev–Trinajstić information content (AvgIpc) is 2.32. The van der Waals surface area contributed by atoms with Gasteiger partial charge < -0.3 is 5.32 Å². The predicted octanol–water partition coefficient (Wildman–Crippen LogP) is 3.80. The first-order chi connectivity index (χ1) is 8.54. The van der Waals surface area contributed by atoms with Gasteiger partial charge in [-0.05, 0) is 26.2 Å². The molecule has 18 heavy (non-hydrogen) atoms. The van der Waals surface area contributed by atoms with Crippen LogP contribution in [0.2, 0.25) is 5.02 Å². The molecule has 1 aromatic heterocycles. The summed E-state index contributed by atoms with van der Waals surface area (Å²) in [6.45, 7) is 5.68. The van der Waals surface area contributed by atoms with Gasteiger partial charge in [0, 0.05) is 12.1 Å². The molecule has 0 aromatic carbocycles. The second-order valence-corrected chi connectivity index (χ2v) is 4.45. The lowest BCUT2D eigenvalue weighted by Crippen LogP contribution is -2.16. The summed E-state index contributed by atoms with van der Waals surface area (Å²) in [5, 5.41) is 13.9. The van der Waals surface area contributed by atoms with Crippen molar-refractivity contribution in [3.8, 4) is 0 Å². The van der Waals surface area contributed by atoms with E-state index in [9.17, 15) is 10.1 Å². The van der Waals surface area contributed by atoms with Crippen LogP contribution >= 0.6 is 11.6 Å². The van der Waals surface area contributed by atoms with E-state index in [1.807, 2.05) is 13.0 Å². The number of aromatic nitrogens is 1. The van der Waals surface area contributed by atoms with Crippen molar-refractivity contribution in [2.45, 2.75) is 32.2 Å². The summed E-state index contributed by atoms with van der Waals surface area (Å²) >= 11 is 5.93. The fourth-order valence-electron chi connectivity index (χ4n) is 1.51. The highest BCUT2D eigenvalue weighted by molar-refractivity contribution is 6.33. The van der Waals surface area contributed by atoms with E-state index in [0.29, 0.717) is 5.82 Å². The van der Waals surface area contributed by atoms with Crippen LogP contribution in [0.4, 0.5) is 11.5 Å². The average molecular weight is 270 g/mol. The molecule has 0 radical (unpaired) electrons. The zero-order valence-electron chi connectivity index (χ0n) is 10.2. The van der Waals surface area contributed by atoms with Crippen LogP contribution < -0.4 is 5.32 Å². The Kier molecular flexibility index (Phi) is 5.58. The van der Waals surface area contributed by atoms with Gasteiger partial charge in [-0.3, -0.25) is 10.1 Å². The minimum atomic E-state index is -0.518. The molecule has 1 heterocycles. The molecule has 0 fully saturated rings. The van der Waals surface area contributed by atoms with Gasteiger partial charge >= 0.3 is 0 Å². The van der Waals surface area contributed by atoms with Crippen molar-refractivity contribution in [2.75, 3.05) is 5.32 Å². The molecule has 0 aliphatic rings. The van der Waals surface area contributed by atoms with Gasteiger partial charge in [0.15, 0.2) is 0 Å². The number of hydrogen-bond acceptors (Lipinski definition) is 4. The molecule has 0 saturated heterocycles. The summed E-state index contributed by atoms with van der Waals surface area (Å²) in [4.78, 5) is 14.0. The molecule has 1 aromatic rings. The normalized spacial score (nSPS) is 11.9. The molecule has 0 amide bonds. The van der Waals surface area contributed by atoms with Crippen LogP contribution in [0.1, 0.15) is 26.2 Å². The zero-order valence-corrected chi connectivity index (χ0v) is 11.0. The van der Waals surface area contributed by atoms with Gasteiger partial charge in [0.25, 0.3) is 5.69 Å². The minimum absolute atomic E-state index is 0.107. The highest BCUT2D eigenvalue weighted by Gasteiger charge is 2.12. The maximum absolute atomic E-state index is 10.5. The van der Waals surface area contributed by atoms with Gasteiger partial charge in [-0.2, -0.15) is 0 Å². The first kappa shape index (κ1) is 14.4. The molecular weight excluding hydrogens is 254 g/mol. The SMILES string of the molecule is C=CCCCC(C)Nc1ncc([N+](=O)[O-])cc1Cl. The number of pyridine rings is 1. The first-order valence-electron chi connectivity index (χ1n) is 5.72. The minimum Gasteiger partial charge on any atom is -0.366 e. The maximum Gasteiger partial charge on any atom is 0.289 e. The Labute approximate surface area is 111 Å². The van der Waals surface area contributed by atoms with Gasteiger partial charge in [-0.1, -0.05) is 17.7 Å². The van der Waals surface area contributed by atoms with E-state index < -0.39 is 4.92 Å². The van der Waals surface area contributed by atoms with Gasteiger partial charge in [0.2, 0.25) is 0 Å². The van der Waals surface area contributed by atoms with Crippen LogP contribution in [0, 0.1) is 10.1 Å². The Morgan fingerprint density at radius 3 is 3.00 bits per heavy atom. The van der Waals surface area contributed by atoms with E-state index in [-0.39, 0.29) is 16.8 Å². The van der Waals surface area contributed by atoms with E-state index in [2.05, 4.69) is 16.9 Å².